The molecule has 3 heteroatoms. The smallest absolute Gasteiger partial charge is 0.166 e. The number of nitrogens with zero attached hydrogens (tertiary/aromatic N) is 1. The number of carbonyl (C=O) groups excluding carboxylic acids is 1. The van der Waals surface area contributed by atoms with Gasteiger partial charge in [0.05, 0.1) is 12.3 Å². The van der Waals surface area contributed by atoms with E-state index >= 15 is 0 Å². The van der Waals surface area contributed by atoms with Crippen molar-refractivity contribution in [3.05, 3.63) is 23.5 Å². The van der Waals surface area contributed by atoms with E-state index in [-0.39, 0.29) is 6.61 Å². The standard InChI is InChI=1S/C8H11NO2/c1-2-9-7(5-10)3-4-8(9)6-11/h3-5,11H,2,6H2,1H3. The molecule has 0 saturated heterocycles. The fraction of sp³-hybridized carbons (Fsp3) is 0.375. The van der Waals surface area contributed by atoms with Crippen molar-refractivity contribution in [2.45, 2.75) is 20.1 Å². The highest BCUT2D eigenvalue weighted by molar-refractivity contribution is 5.72. The number of carbonyl (C=O) groups is 1. The van der Waals surface area contributed by atoms with Gasteiger partial charge >= 0.3 is 0 Å². The quantitative estimate of drug-likeness (QED) is 0.653. The Labute approximate surface area is 65.3 Å². The third kappa shape index (κ3) is 1.33. The molecule has 1 heterocycles. The summed E-state index contributed by atoms with van der Waals surface area (Å²) in [5.41, 5.74) is 1.41. The van der Waals surface area contributed by atoms with E-state index in [0.29, 0.717) is 5.69 Å². The summed E-state index contributed by atoms with van der Waals surface area (Å²) in [5.74, 6) is 0. The van der Waals surface area contributed by atoms with E-state index in [0.717, 1.165) is 18.5 Å². The molecular weight excluding hydrogens is 142 g/mol. The van der Waals surface area contributed by atoms with Crippen molar-refractivity contribution in [3.8, 4) is 0 Å². The lowest BCUT2D eigenvalue weighted by atomic mass is 10.4. The third-order valence-electron chi connectivity index (χ3n) is 1.70. The molecule has 0 fully saturated rings. The molecule has 0 bridgehead atoms. The van der Waals surface area contributed by atoms with Gasteiger partial charge in [0.2, 0.25) is 0 Å². The van der Waals surface area contributed by atoms with E-state index in [4.69, 9.17) is 5.11 Å². The summed E-state index contributed by atoms with van der Waals surface area (Å²) in [7, 11) is 0. The summed E-state index contributed by atoms with van der Waals surface area (Å²) in [6.07, 6.45) is 0.794. The van der Waals surface area contributed by atoms with Gasteiger partial charge in [0.1, 0.15) is 0 Å². The topological polar surface area (TPSA) is 42.2 Å². The normalized spacial score (nSPS) is 10.0. The fourth-order valence-electron chi connectivity index (χ4n) is 1.15. The molecule has 0 aliphatic rings. The van der Waals surface area contributed by atoms with Crippen LogP contribution in [0.15, 0.2) is 12.1 Å². The summed E-state index contributed by atoms with van der Waals surface area (Å²) in [4.78, 5) is 10.4. The van der Waals surface area contributed by atoms with Crippen LogP contribution in [0.3, 0.4) is 0 Å². The zero-order valence-electron chi connectivity index (χ0n) is 6.45. The molecule has 0 aliphatic carbocycles. The first-order chi connectivity index (χ1) is 5.33. The van der Waals surface area contributed by atoms with Crippen LogP contribution in [-0.2, 0) is 13.2 Å². The highest BCUT2D eigenvalue weighted by Crippen LogP contribution is 2.06. The minimum Gasteiger partial charge on any atom is -0.390 e. The minimum absolute atomic E-state index is 0.0122. The molecule has 1 N–H and O–H groups in total. The monoisotopic (exact) mass is 153 g/mol. The Balaban J connectivity index is 3.08. The second kappa shape index (κ2) is 3.34. The number of rotatable bonds is 3. The number of aliphatic hydroxyl groups excluding tert-OH is 1. The average molecular weight is 153 g/mol. The first kappa shape index (κ1) is 8.01. The molecule has 0 amide bonds. The molecule has 0 saturated carbocycles. The van der Waals surface area contributed by atoms with Crippen molar-refractivity contribution in [1.82, 2.24) is 4.57 Å². The summed E-state index contributed by atoms with van der Waals surface area (Å²) in [5, 5.41) is 8.82. The number of aromatic nitrogens is 1. The summed E-state index contributed by atoms with van der Waals surface area (Å²) >= 11 is 0. The maximum absolute atomic E-state index is 10.4. The molecule has 11 heavy (non-hydrogen) atoms. The Morgan fingerprint density at radius 1 is 1.64 bits per heavy atom. The Kier molecular flexibility index (Phi) is 2.44. The van der Waals surface area contributed by atoms with Gasteiger partial charge in [0.15, 0.2) is 6.29 Å². The van der Waals surface area contributed by atoms with Crippen molar-refractivity contribution in [1.29, 1.82) is 0 Å². The lowest BCUT2D eigenvalue weighted by Crippen LogP contribution is -2.03. The van der Waals surface area contributed by atoms with Gasteiger partial charge in [-0.15, -0.1) is 0 Å². The predicted molar refractivity (Wildman–Crippen MR) is 41.4 cm³/mol. The van der Waals surface area contributed by atoms with Crippen molar-refractivity contribution in [2.75, 3.05) is 0 Å². The van der Waals surface area contributed by atoms with Crippen molar-refractivity contribution in [2.24, 2.45) is 0 Å². The predicted octanol–water partition coefficient (Wildman–Crippen LogP) is 0.813. The van der Waals surface area contributed by atoms with Crippen molar-refractivity contribution in [3.63, 3.8) is 0 Å². The summed E-state index contributed by atoms with van der Waals surface area (Å²) in [6.45, 7) is 2.64. The molecule has 0 aromatic carbocycles. The first-order valence-corrected chi connectivity index (χ1v) is 3.58. The van der Waals surface area contributed by atoms with E-state index in [1.54, 1.807) is 16.7 Å². The van der Waals surface area contributed by atoms with Crippen LogP contribution in [0.1, 0.15) is 23.1 Å². The summed E-state index contributed by atoms with van der Waals surface area (Å²) in [6, 6.07) is 3.47. The van der Waals surface area contributed by atoms with Gasteiger partial charge in [-0.2, -0.15) is 0 Å². The fourth-order valence-corrected chi connectivity index (χ4v) is 1.15. The number of hydrogen-bond donors (Lipinski definition) is 1. The van der Waals surface area contributed by atoms with E-state index in [1.807, 2.05) is 6.92 Å². The molecule has 0 unspecified atom stereocenters. The average Bonchev–Trinajstić information content (AvgIpc) is 2.45. The molecule has 0 spiro atoms. The van der Waals surface area contributed by atoms with Gasteiger partial charge in [-0.3, -0.25) is 4.79 Å². The lowest BCUT2D eigenvalue weighted by Gasteiger charge is -2.04. The second-order valence-corrected chi connectivity index (χ2v) is 2.27. The molecule has 60 valence electrons. The Hall–Kier alpha value is -1.09. The van der Waals surface area contributed by atoms with Crippen molar-refractivity contribution < 1.29 is 9.90 Å². The van der Waals surface area contributed by atoms with Crippen LogP contribution in [0.25, 0.3) is 0 Å². The van der Waals surface area contributed by atoms with Gasteiger partial charge in [0, 0.05) is 12.2 Å². The van der Waals surface area contributed by atoms with Gasteiger partial charge in [-0.1, -0.05) is 0 Å². The number of aliphatic hydroxyl groups is 1. The van der Waals surface area contributed by atoms with E-state index in [1.165, 1.54) is 0 Å². The molecule has 0 radical (unpaired) electrons. The maximum Gasteiger partial charge on any atom is 0.166 e. The first-order valence-electron chi connectivity index (χ1n) is 3.58. The van der Waals surface area contributed by atoms with Gasteiger partial charge in [-0.05, 0) is 19.1 Å². The Bertz CT molecular complexity index is 253. The second-order valence-electron chi connectivity index (χ2n) is 2.27. The van der Waals surface area contributed by atoms with E-state index in [2.05, 4.69) is 0 Å². The van der Waals surface area contributed by atoms with Crippen LogP contribution in [0, 0.1) is 0 Å². The molecule has 3 nitrogen and oxygen atoms in total. The van der Waals surface area contributed by atoms with Crippen LogP contribution >= 0.6 is 0 Å². The van der Waals surface area contributed by atoms with Crippen LogP contribution < -0.4 is 0 Å². The Morgan fingerprint density at radius 2 is 2.36 bits per heavy atom. The molecule has 1 aromatic rings. The third-order valence-corrected chi connectivity index (χ3v) is 1.70. The molecule has 0 atom stereocenters. The number of aldehydes is 1. The minimum atomic E-state index is -0.0122. The van der Waals surface area contributed by atoms with E-state index < -0.39 is 0 Å². The zero-order chi connectivity index (χ0) is 8.27. The van der Waals surface area contributed by atoms with Crippen LogP contribution in [0.2, 0.25) is 0 Å². The summed E-state index contributed by atoms with van der Waals surface area (Å²) < 4.78 is 1.78. The number of hydrogen-bond acceptors (Lipinski definition) is 2. The molecule has 1 aromatic heterocycles. The highest BCUT2D eigenvalue weighted by Gasteiger charge is 2.03. The SMILES string of the molecule is CCn1c(C=O)ccc1CO. The highest BCUT2D eigenvalue weighted by atomic mass is 16.3. The molecule has 1 rings (SSSR count). The molecular formula is C8H11NO2. The Morgan fingerprint density at radius 3 is 2.82 bits per heavy atom. The lowest BCUT2D eigenvalue weighted by molar-refractivity contribution is 0.111. The van der Waals surface area contributed by atoms with Gasteiger partial charge < -0.3 is 9.67 Å². The van der Waals surface area contributed by atoms with Gasteiger partial charge in [0.25, 0.3) is 0 Å². The molecule has 0 aliphatic heterocycles. The van der Waals surface area contributed by atoms with Crippen LogP contribution in [0.4, 0.5) is 0 Å². The van der Waals surface area contributed by atoms with Crippen molar-refractivity contribution >= 4 is 6.29 Å². The van der Waals surface area contributed by atoms with Gasteiger partial charge in [-0.25, -0.2) is 0 Å². The largest absolute Gasteiger partial charge is 0.390 e. The maximum atomic E-state index is 10.4. The van der Waals surface area contributed by atoms with E-state index in [9.17, 15) is 4.79 Å². The zero-order valence-corrected chi connectivity index (χ0v) is 6.45. The van der Waals surface area contributed by atoms with Crippen LogP contribution in [0.5, 0.6) is 0 Å². The van der Waals surface area contributed by atoms with Crippen LogP contribution in [-0.4, -0.2) is 16.0 Å².